The van der Waals surface area contributed by atoms with Gasteiger partial charge in [-0.05, 0) is 47.7 Å². The minimum Gasteiger partial charge on any atom is -0.378 e. The van der Waals surface area contributed by atoms with E-state index >= 15 is 0 Å². The van der Waals surface area contributed by atoms with Crippen LogP contribution < -0.4 is 21.4 Å². The first-order valence-corrected chi connectivity index (χ1v) is 10.8. The summed E-state index contributed by atoms with van der Waals surface area (Å²) in [6.07, 6.45) is 4.05. The van der Waals surface area contributed by atoms with E-state index in [1.54, 1.807) is 0 Å². The second kappa shape index (κ2) is 9.76. The Morgan fingerprint density at radius 3 is 2.65 bits per heavy atom. The molecular formula is C24H31N7. The molecule has 0 unspecified atom stereocenters. The van der Waals surface area contributed by atoms with Gasteiger partial charge < -0.3 is 16.0 Å². The van der Waals surface area contributed by atoms with E-state index in [0.29, 0.717) is 0 Å². The molecule has 0 atom stereocenters. The van der Waals surface area contributed by atoms with Crippen LogP contribution in [0.4, 0.5) is 17.5 Å². The molecule has 162 valence electrons. The number of anilines is 3. The van der Waals surface area contributed by atoms with Crippen LogP contribution in [0, 0.1) is 0 Å². The fourth-order valence-electron chi connectivity index (χ4n) is 3.83. The van der Waals surface area contributed by atoms with Gasteiger partial charge in [-0.3, -0.25) is 5.43 Å². The second-order valence-electron chi connectivity index (χ2n) is 8.05. The first-order chi connectivity index (χ1) is 15.1. The Hall–Kier alpha value is -3.16. The molecular weight excluding hydrogens is 386 g/mol. The molecule has 4 N–H and O–H groups in total. The molecule has 0 saturated carbocycles. The number of rotatable bonds is 8. The summed E-state index contributed by atoms with van der Waals surface area (Å²) in [5, 5.41) is 5.75. The van der Waals surface area contributed by atoms with Crippen molar-refractivity contribution in [2.45, 2.75) is 12.8 Å². The van der Waals surface area contributed by atoms with Crippen LogP contribution in [-0.2, 0) is 0 Å². The molecule has 1 fully saturated rings. The molecule has 31 heavy (non-hydrogen) atoms. The van der Waals surface area contributed by atoms with Gasteiger partial charge in [-0.1, -0.05) is 30.3 Å². The lowest BCUT2D eigenvalue weighted by atomic mass is 9.99. The van der Waals surface area contributed by atoms with Crippen molar-refractivity contribution in [1.82, 2.24) is 20.4 Å². The highest BCUT2D eigenvalue weighted by Gasteiger charge is 2.12. The number of hydrogen-bond donors (Lipinski definition) is 3. The number of nitrogen functional groups attached to an aromatic ring is 1. The van der Waals surface area contributed by atoms with Gasteiger partial charge in [-0.2, -0.15) is 4.98 Å². The van der Waals surface area contributed by atoms with Crippen LogP contribution in [0.25, 0.3) is 22.3 Å². The lowest BCUT2D eigenvalue weighted by Crippen LogP contribution is -2.32. The van der Waals surface area contributed by atoms with Gasteiger partial charge in [-0.15, -0.1) is 0 Å². The van der Waals surface area contributed by atoms with Crippen molar-refractivity contribution in [3.63, 3.8) is 0 Å². The smallest absolute Gasteiger partial charge is 0.221 e. The largest absolute Gasteiger partial charge is 0.378 e. The maximum absolute atomic E-state index is 5.89. The first-order valence-electron chi connectivity index (χ1n) is 10.8. The van der Waals surface area contributed by atoms with E-state index in [2.05, 4.69) is 93.2 Å². The SMILES string of the molecule is CN(C)c1cccc(-c2cccc(-c3cnc(N)nc3NCCCN3CCCN3)c2)c1. The molecule has 3 aromatic rings. The predicted molar refractivity (Wildman–Crippen MR) is 129 cm³/mol. The molecule has 4 rings (SSSR count). The number of hydrogen-bond acceptors (Lipinski definition) is 7. The normalized spacial score (nSPS) is 14.0. The summed E-state index contributed by atoms with van der Waals surface area (Å²) in [4.78, 5) is 10.8. The van der Waals surface area contributed by atoms with E-state index in [1.807, 2.05) is 6.20 Å². The highest BCUT2D eigenvalue weighted by molar-refractivity contribution is 5.80. The lowest BCUT2D eigenvalue weighted by molar-refractivity contribution is 0.253. The molecule has 1 saturated heterocycles. The molecule has 0 aliphatic carbocycles. The minimum absolute atomic E-state index is 0.280. The van der Waals surface area contributed by atoms with Crippen molar-refractivity contribution in [1.29, 1.82) is 0 Å². The third-order valence-electron chi connectivity index (χ3n) is 5.51. The number of nitrogens with one attached hydrogen (secondary N) is 2. The topological polar surface area (TPSA) is 82.3 Å². The highest BCUT2D eigenvalue weighted by atomic mass is 15.5. The molecule has 2 aromatic carbocycles. The zero-order valence-electron chi connectivity index (χ0n) is 18.3. The summed E-state index contributed by atoms with van der Waals surface area (Å²) in [5.74, 6) is 1.06. The maximum Gasteiger partial charge on any atom is 0.221 e. The Morgan fingerprint density at radius 1 is 1.10 bits per heavy atom. The van der Waals surface area contributed by atoms with E-state index in [9.17, 15) is 0 Å². The number of nitrogens with two attached hydrogens (primary N) is 1. The number of nitrogens with zero attached hydrogens (tertiary/aromatic N) is 4. The van der Waals surface area contributed by atoms with E-state index in [4.69, 9.17) is 5.73 Å². The summed E-state index contributed by atoms with van der Waals surface area (Å²) >= 11 is 0. The Bertz CT molecular complexity index is 1010. The van der Waals surface area contributed by atoms with Crippen molar-refractivity contribution in [3.05, 3.63) is 54.7 Å². The monoisotopic (exact) mass is 417 g/mol. The van der Waals surface area contributed by atoms with Crippen molar-refractivity contribution in [2.75, 3.05) is 56.2 Å². The third-order valence-corrected chi connectivity index (χ3v) is 5.51. The van der Waals surface area contributed by atoms with Crippen molar-refractivity contribution in [2.24, 2.45) is 0 Å². The van der Waals surface area contributed by atoms with Crippen LogP contribution in [-0.4, -0.2) is 55.3 Å². The van der Waals surface area contributed by atoms with Crippen LogP contribution in [0.1, 0.15) is 12.8 Å². The fraction of sp³-hybridized carbons (Fsp3) is 0.333. The van der Waals surface area contributed by atoms with E-state index < -0.39 is 0 Å². The summed E-state index contributed by atoms with van der Waals surface area (Å²) in [6, 6.07) is 17.0. The van der Waals surface area contributed by atoms with Gasteiger partial charge >= 0.3 is 0 Å². The Kier molecular flexibility index (Phi) is 6.64. The maximum atomic E-state index is 5.89. The summed E-state index contributed by atoms with van der Waals surface area (Å²) in [7, 11) is 4.11. The molecule has 7 heteroatoms. The molecule has 0 bridgehead atoms. The van der Waals surface area contributed by atoms with Gasteiger partial charge in [-0.25, -0.2) is 9.99 Å². The van der Waals surface area contributed by atoms with Gasteiger partial charge in [0.15, 0.2) is 0 Å². The number of benzene rings is 2. The molecule has 1 aromatic heterocycles. The van der Waals surface area contributed by atoms with Crippen molar-refractivity contribution < 1.29 is 0 Å². The van der Waals surface area contributed by atoms with Gasteiger partial charge in [0.25, 0.3) is 0 Å². The van der Waals surface area contributed by atoms with Crippen LogP contribution in [0.5, 0.6) is 0 Å². The Balaban J connectivity index is 1.53. The van der Waals surface area contributed by atoms with Gasteiger partial charge in [0.1, 0.15) is 5.82 Å². The molecule has 0 amide bonds. The highest BCUT2D eigenvalue weighted by Crippen LogP contribution is 2.31. The molecule has 0 radical (unpaired) electrons. The first kappa shape index (κ1) is 21.1. The van der Waals surface area contributed by atoms with Crippen LogP contribution in [0.3, 0.4) is 0 Å². The molecule has 7 nitrogen and oxygen atoms in total. The summed E-state index contributed by atoms with van der Waals surface area (Å²) in [5.41, 5.74) is 14.8. The van der Waals surface area contributed by atoms with Crippen LogP contribution in [0.2, 0.25) is 0 Å². The quantitative estimate of drug-likeness (QED) is 0.484. The lowest BCUT2D eigenvalue weighted by Gasteiger charge is -2.16. The third kappa shape index (κ3) is 5.31. The average Bonchev–Trinajstić information content (AvgIpc) is 3.31. The minimum atomic E-state index is 0.280. The zero-order chi connectivity index (χ0) is 21.6. The number of hydrazine groups is 1. The Labute approximate surface area is 184 Å². The van der Waals surface area contributed by atoms with E-state index in [-0.39, 0.29) is 5.95 Å². The second-order valence-corrected chi connectivity index (χ2v) is 8.05. The average molecular weight is 418 g/mol. The van der Waals surface area contributed by atoms with Gasteiger partial charge in [0.2, 0.25) is 5.95 Å². The van der Waals surface area contributed by atoms with Gasteiger partial charge in [0, 0.05) is 57.7 Å². The molecule has 1 aliphatic heterocycles. The Morgan fingerprint density at radius 2 is 1.87 bits per heavy atom. The van der Waals surface area contributed by atoms with Crippen LogP contribution >= 0.6 is 0 Å². The molecule has 1 aliphatic rings. The van der Waals surface area contributed by atoms with Crippen LogP contribution in [0.15, 0.2) is 54.7 Å². The van der Waals surface area contributed by atoms with Crippen molar-refractivity contribution in [3.8, 4) is 22.3 Å². The summed E-state index contributed by atoms with van der Waals surface area (Å²) in [6.45, 7) is 4.04. The summed E-state index contributed by atoms with van der Waals surface area (Å²) < 4.78 is 0. The van der Waals surface area contributed by atoms with E-state index in [1.165, 1.54) is 17.7 Å². The molecule has 2 heterocycles. The molecule has 0 spiro atoms. The standard InChI is InChI=1S/C24H31N7/c1-30(2)21-10-4-8-19(16-21)18-7-3-9-20(15-18)22-17-27-24(25)29-23(22)26-11-5-13-31-14-6-12-28-31/h3-4,7-10,15-17,28H,5-6,11-14H2,1-2H3,(H3,25,26,27,29). The predicted octanol–water partition coefficient (Wildman–Crippen LogP) is 3.47. The van der Waals surface area contributed by atoms with Crippen molar-refractivity contribution >= 4 is 17.5 Å². The van der Waals surface area contributed by atoms with Gasteiger partial charge in [0.05, 0.1) is 0 Å². The van der Waals surface area contributed by atoms with E-state index in [0.717, 1.165) is 55.1 Å². The number of aromatic nitrogens is 2. The fourth-order valence-corrected chi connectivity index (χ4v) is 3.83. The zero-order valence-corrected chi connectivity index (χ0v) is 18.3.